The van der Waals surface area contributed by atoms with E-state index < -0.39 is 21.0 Å². The lowest BCUT2D eigenvalue weighted by Gasteiger charge is -2.20. The van der Waals surface area contributed by atoms with E-state index in [2.05, 4.69) is 5.32 Å². The van der Waals surface area contributed by atoms with E-state index in [0.29, 0.717) is 30.4 Å². The Morgan fingerprint density at radius 1 is 1.22 bits per heavy atom. The highest BCUT2D eigenvalue weighted by atomic mass is 32.2. The second kappa shape index (κ2) is 7.21. The second-order valence-corrected chi connectivity index (χ2v) is 8.20. The lowest BCUT2D eigenvalue weighted by atomic mass is 10.2. The van der Waals surface area contributed by atoms with Crippen LogP contribution in [-0.2, 0) is 14.6 Å². The molecular weight excluding hydrogens is 318 g/mol. The van der Waals surface area contributed by atoms with Crippen LogP contribution in [0.15, 0.2) is 18.2 Å². The first-order valence-electron chi connectivity index (χ1n) is 7.75. The van der Waals surface area contributed by atoms with E-state index in [0.717, 1.165) is 6.42 Å². The average Bonchev–Trinajstić information content (AvgIpc) is 2.53. The first-order valence-corrected chi connectivity index (χ1v) is 9.47. The van der Waals surface area contributed by atoms with Gasteiger partial charge in [0.05, 0.1) is 5.75 Å². The molecule has 0 spiro atoms. The van der Waals surface area contributed by atoms with Gasteiger partial charge in [-0.25, -0.2) is 8.42 Å². The Morgan fingerprint density at radius 3 is 2.52 bits per heavy atom. The molecule has 0 saturated heterocycles. The van der Waals surface area contributed by atoms with Crippen molar-refractivity contribution in [1.29, 1.82) is 0 Å². The van der Waals surface area contributed by atoms with E-state index in [4.69, 9.17) is 9.47 Å². The molecular formula is C16H23NO5S. The van der Waals surface area contributed by atoms with E-state index in [1.165, 1.54) is 6.92 Å². The third-order valence-corrected chi connectivity index (χ3v) is 6.26. The van der Waals surface area contributed by atoms with Crippen molar-refractivity contribution < 1.29 is 22.7 Å². The van der Waals surface area contributed by atoms with Crippen LogP contribution < -0.4 is 14.8 Å². The molecule has 6 nitrogen and oxygen atoms in total. The number of carbonyl (C=O) groups excluding carboxylic acids is 1. The van der Waals surface area contributed by atoms with Gasteiger partial charge in [-0.1, -0.05) is 20.3 Å². The molecule has 7 heteroatoms. The number of fused-ring (bicyclic) bond motifs is 1. The summed E-state index contributed by atoms with van der Waals surface area (Å²) in [5.41, 5.74) is 0.491. The fraction of sp³-hybridized carbons (Fsp3) is 0.562. The van der Waals surface area contributed by atoms with Crippen LogP contribution >= 0.6 is 0 Å². The molecule has 2 unspecified atom stereocenters. The van der Waals surface area contributed by atoms with Crippen LogP contribution in [0.4, 0.5) is 5.69 Å². The van der Waals surface area contributed by atoms with Crippen LogP contribution in [-0.4, -0.2) is 38.5 Å². The Kier molecular flexibility index (Phi) is 5.51. The molecule has 23 heavy (non-hydrogen) atoms. The number of ether oxygens (including phenoxy) is 2. The fourth-order valence-corrected chi connectivity index (χ4v) is 3.89. The molecule has 0 aliphatic carbocycles. The summed E-state index contributed by atoms with van der Waals surface area (Å²) in [7, 11) is -3.48. The lowest BCUT2D eigenvalue weighted by Crippen LogP contribution is -2.35. The van der Waals surface area contributed by atoms with Gasteiger partial charge in [0.1, 0.15) is 18.5 Å². The molecule has 1 aliphatic heterocycles. The molecule has 1 aromatic rings. The zero-order chi connectivity index (χ0) is 17.0. The maximum atomic E-state index is 12.3. The summed E-state index contributed by atoms with van der Waals surface area (Å²) in [6.45, 7) is 6.15. The number of anilines is 1. The standard InChI is InChI=1S/C16H23NO5S/c1-4-11(2)10-23(19,20)12(3)16(18)17-13-5-6-14-15(9-13)22-8-7-21-14/h5-6,9,11-12H,4,7-8,10H2,1-3H3,(H,17,18). The van der Waals surface area contributed by atoms with Gasteiger partial charge < -0.3 is 14.8 Å². The van der Waals surface area contributed by atoms with Gasteiger partial charge in [0.15, 0.2) is 21.3 Å². The summed E-state index contributed by atoms with van der Waals surface area (Å²) in [5.74, 6) is 0.671. The Bertz CT molecular complexity index is 671. The van der Waals surface area contributed by atoms with Gasteiger partial charge in [-0.15, -0.1) is 0 Å². The molecule has 1 amide bonds. The number of hydrogen-bond acceptors (Lipinski definition) is 5. The predicted molar refractivity (Wildman–Crippen MR) is 88.8 cm³/mol. The third kappa shape index (κ3) is 4.37. The molecule has 2 rings (SSSR count). The van der Waals surface area contributed by atoms with Crippen molar-refractivity contribution in [3.8, 4) is 11.5 Å². The smallest absolute Gasteiger partial charge is 0.242 e. The zero-order valence-electron chi connectivity index (χ0n) is 13.7. The van der Waals surface area contributed by atoms with Gasteiger partial charge in [0, 0.05) is 11.8 Å². The number of amides is 1. The predicted octanol–water partition coefficient (Wildman–Crippen LogP) is 2.25. The third-order valence-electron chi connectivity index (χ3n) is 3.93. The molecule has 128 valence electrons. The Morgan fingerprint density at radius 2 is 1.87 bits per heavy atom. The van der Waals surface area contributed by atoms with Crippen molar-refractivity contribution in [3.05, 3.63) is 18.2 Å². The van der Waals surface area contributed by atoms with Crippen LogP contribution in [0.2, 0.25) is 0 Å². The largest absolute Gasteiger partial charge is 0.486 e. The van der Waals surface area contributed by atoms with Crippen molar-refractivity contribution in [2.75, 3.05) is 24.3 Å². The minimum absolute atomic E-state index is 0.0131. The van der Waals surface area contributed by atoms with Gasteiger partial charge in [-0.3, -0.25) is 4.79 Å². The number of nitrogens with one attached hydrogen (secondary N) is 1. The van der Waals surface area contributed by atoms with Crippen molar-refractivity contribution >= 4 is 21.4 Å². The molecule has 1 aromatic carbocycles. The topological polar surface area (TPSA) is 81.7 Å². The number of benzene rings is 1. The van der Waals surface area contributed by atoms with E-state index in [1.807, 2.05) is 13.8 Å². The van der Waals surface area contributed by atoms with Gasteiger partial charge in [-0.2, -0.15) is 0 Å². The van der Waals surface area contributed by atoms with E-state index in [-0.39, 0.29) is 11.7 Å². The molecule has 0 radical (unpaired) electrons. The molecule has 1 aliphatic rings. The molecule has 1 heterocycles. The second-order valence-electron chi connectivity index (χ2n) is 5.83. The highest BCUT2D eigenvalue weighted by molar-refractivity contribution is 7.92. The molecule has 2 atom stereocenters. The molecule has 0 fully saturated rings. The van der Waals surface area contributed by atoms with Crippen LogP contribution in [0.1, 0.15) is 27.2 Å². The van der Waals surface area contributed by atoms with Crippen LogP contribution in [0.5, 0.6) is 11.5 Å². The number of carbonyl (C=O) groups is 1. The van der Waals surface area contributed by atoms with Gasteiger partial charge in [-0.05, 0) is 25.0 Å². The van der Waals surface area contributed by atoms with E-state index in [1.54, 1.807) is 18.2 Å². The SMILES string of the molecule is CCC(C)CS(=O)(=O)C(C)C(=O)Nc1ccc2c(c1)OCCO2. The summed E-state index contributed by atoms with van der Waals surface area (Å²) in [4.78, 5) is 12.2. The maximum absolute atomic E-state index is 12.3. The minimum atomic E-state index is -3.48. The van der Waals surface area contributed by atoms with Gasteiger partial charge in [0.2, 0.25) is 5.91 Å². The Hall–Kier alpha value is -1.76. The first kappa shape index (κ1) is 17.6. The van der Waals surface area contributed by atoms with Crippen LogP contribution in [0.25, 0.3) is 0 Å². The van der Waals surface area contributed by atoms with Gasteiger partial charge in [0.25, 0.3) is 0 Å². The van der Waals surface area contributed by atoms with E-state index >= 15 is 0 Å². The van der Waals surface area contributed by atoms with Gasteiger partial charge >= 0.3 is 0 Å². The quantitative estimate of drug-likeness (QED) is 0.858. The summed E-state index contributed by atoms with van der Waals surface area (Å²) in [6.07, 6.45) is 0.760. The normalized spacial score (nSPS) is 16.5. The van der Waals surface area contributed by atoms with Crippen LogP contribution in [0.3, 0.4) is 0 Å². The highest BCUT2D eigenvalue weighted by Gasteiger charge is 2.29. The summed E-state index contributed by atoms with van der Waals surface area (Å²) >= 11 is 0. The number of sulfone groups is 1. The van der Waals surface area contributed by atoms with Crippen molar-refractivity contribution in [3.63, 3.8) is 0 Å². The summed E-state index contributed by atoms with van der Waals surface area (Å²) in [6, 6.07) is 5.00. The molecule has 0 saturated carbocycles. The Labute approximate surface area is 137 Å². The monoisotopic (exact) mass is 341 g/mol. The number of hydrogen-bond donors (Lipinski definition) is 1. The molecule has 0 aromatic heterocycles. The molecule has 1 N–H and O–H groups in total. The average molecular weight is 341 g/mol. The summed E-state index contributed by atoms with van der Waals surface area (Å²) < 4.78 is 35.4. The minimum Gasteiger partial charge on any atom is -0.486 e. The summed E-state index contributed by atoms with van der Waals surface area (Å²) in [5, 5.41) is 1.54. The van der Waals surface area contributed by atoms with Crippen molar-refractivity contribution in [2.24, 2.45) is 5.92 Å². The van der Waals surface area contributed by atoms with Crippen molar-refractivity contribution in [1.82, 2.24) is 0 Å². The first-order chi connectivity index (χ1) is 10.8. The molecule has 0 bridgehead atoms. The van der Waals surface area contributed by atoms with Crippen LogP contribution in [0, 0.1) is 5.92 Å². The number of rotatable bonds is 6. The highest BCUT2D eigenvalue weighted by Crippen LogP contribution is 2.32. The van der Waals surface area contributed by atoms with E-state index in [9.17, 15) is 13.2 Å². The lowest BCUT2D eigenvalue weighted by molar-refractivity contribution is -0.115. The zero-order valence-corrected chi connectivity index (χ0v) is 14.5. The fourth-order valence-electron chi connectivity index (χ4n) is 2.19. The maximum Gasteiger partial charge on any atom is 0.242 e. The Balaban J connectivity index is 2.06. The van der Waals surface area contributed by atoms with Crippen molar-refractivity contribution in [2.45, 2.75) is 32.4 Å².